The monoisotopic (exact) mass is 365 g/mol. The quantitative estimate of drug-likeness (QED) is 0.347. The van der Waals surface area contributed by atoms with Crippen molar-refractivity contribution in [1.29, 1.82) is 0 Å². The van der Waals surface area contributed by atoms with E-state index in [1.54, 1.807) is 12.2 Å². The summed E-state index contributed by atoms with van der Waals surface area (Å²) in [6.07, 6.45) is 11.0. The average molecular weight is 366 g/mol. The van der Waals surface area contributed by atoms with Gasteiger partial charge in [0.1, 0.15) is 0 Å². The molecule has 1 aromatic rings. The fraction of sp³-hybridized carbons (Fsp3) is 0.261. The van der Waals surface area contributed by atoms with Crippen molar-refractivity contribution in [2.24, 2.45) is 5.92 Å². The second kappa shape index (κ2) is 9.44. The SMILES string of the molecule is C=C/C=C(\C=C)C(S)CCC1C(=O)N(c2ccccc2)C1C(=C)/C=C\C. The number of hydrogen-bond donors (Lipinski definition) is 1. The molecule has 0 saturated carbocycles. The fourth-order valence-electron chi connectivity index (χ4n) is 3.40. The lowest BCUT2D eigenvalue weighted by atomic mass is 9.78. The minimum absolute atomic E-state index is 0.00259. The Hall–Kier alpha value is -2.26. The molecule has 26 heavy (non-hydrogen) atoms. The van der Waals surface area contributed by atoms with Crippen LogP contribution in [-0.2, 0) is 4.79 Å². The van der Waals surface area contributed by atoms with E-state index in [1.807, 2.05) is 60.4 Å². The molecule has 1 heterocycles. The molecule has 1 aromatic carbocycles. The third kappa shape index (κ3) is 4.28. The Labute approximate surface area is 162 Å². The minimum atomic E-state index is -0.0663. The second-order valence-electron chi connectivity index (χ2n) is 6.37. The number of hydrogen-bond acceptors (Lipinski definition) is 2. The summed E-state index contributed by atoms with van der Waals surface area (Å²) in [7, 11) is 0. The lowest BCUT2D eigenvalue weighted by Gasteiger charge is -2.48. The van der Waals surface area contributed by atoms with Gasteiger partial charge in [0.05, 0.1) is 12.0 Å². The first-order valence-electron chi connectivity index (χ1n) is 8.87. The van der Waals surface area contributed by atoms with Gasteiger partial charge in [0.15, 0.2) is 0 Å². The van der Waals surface area contributed by atoms with Crippen molar-refractivity contribution in [3.8, 4) is 0 Å². The molecule has 0 bridgehead atoms. The Balaban J connectivity index is 2.15. The summed E-state index contributed by atoms with van der Waals surface area (Å²) in [5.74, 6) is 0.0867. The molecule has 1 aliphatic heterocycles. The molecular weight excluding hydrogens is 338 g/mol. The number of para-hydroxylation sites is 1. The number of rotatable bonds is 9. The molecule has 1 aliphatic rings. The summed E-state index contributed by atoms with van der Waals surface area (Å²) in [5.41, 5.74) is 2.91. The Morgan fingerprint density at radius 3 is 2.58 bits per heavy atom. The molecule has 3 heteroatoms. The zero-order valence-corrected chi connectivity index (χ0v) is 16.2. The molecule has 1 amide bonds. The number of amides is 1. The van der Waals surface area contributed by atoms with Crippen LogP contribution in [0.2, 0.25) is 0 Å². The molecule has 0 spiro atoms. The summed E-state index contributed by atoms with van der Waals surface area (Å²) in [6.45, 7) is 13.7. The molecule has 0 N–H and O–H groups in total. The van der Waals surface area contributed by atoms with Gasteiger partial charge in [-0.1, -0.05) is 68.3 Å². The molecule has 0 aliphatic carbocycles. The molecular formula is C23H27NOS. The Morgan fingerprint density at radius 1 is 1.31 bits per heavy atom. The largest absolute Gasteiger partial charge is 0.304 e. The van der Waals surface area contributed by atoms with E-state index in [-0.39, 0.29) is 23.1 Å². The van der Waals surface area contributed by atoms with E-state index in [2.05, 4.69) is 32.4 Å². The topological polar surface area (TPSA) is 20.3 Å². The maximum atomic E-state index is 12.8. The van der Waals surface area contributed by atoms with Crippen LogP contribution in [0, 0.1) is 5.92 Å². The van der Waals surface area contributed by atoms with Crippen LogP contribution in [0.5, 0.6) is 0 Å². The maximum Gasteiger partial charge on any atom is 0.233 e. The molecule has 0 radical (unpaired) electrons. The van der Waals surface area contributed by atoms with Crippen LogP contribution in [0.15, 0.2) is 91.6 Å². The van der Waals surface area contributed by atoms with Crippen LogP contribution in [-0.4, -0.2) is 17.2 Å². The number of β-lactam (4-membered cyclic amide) rings is 1. The Kier molecular flexibility index (Phi) is 7.28. The van der Waals surface area contributed by atoms with E-state index in [1.165, 1.54) is 0 Å². The highest BCUT2D eigenvalue weighted by Gasteiger charge is 2.48. The van der Waals surface area contributed by atoms with Crippen LogP contribution in [0.1, 0.15) is 19.8 Å². The molecule has 2 rings (SSSR count). The molecule has 3 unspecified atom stereocenters. The number of carbonyl (C=O) groups is 1. The first kappa shape index (κ1) is 20.1. The minimum Gasteiger partial charge on any atom is -0.304 e. The Morgan fingerprint density at radius 2 is 2.00 bits per heavy atom. The lowest BCUT2D eigenvalue weighted by molar-refractivity contribution is -0.129. The first-order chi connectivity index (χ1) is 12.5. The summed E-state index contributed by atoms with van der Waals surface area (Å²) in [5, 5.41) is 0.0414. The van der Waals surface area contributed by atoms with Gasteiger partial charge in [0, 0.05) is 10.9 Å². The van der Waals surface area contributed by atoms with E-state index in [4.69, 9.17) is 0 Å². The number of thiol groups is 1. The van der Waals surface area contributed by atoms with Gasteiger partial charge in [-0.15, -0.1) is 0 Å². The fourth-order valence-corrected chi connectivity index (χ4v) is 3.74. The average Bonchev–Trinajstić information content (AvgIpc) is 2.64. The van der Waals surface area contributed by atoms with Crippen LogP contribution >= 0.6 is 12.6 Å². The molecule has 1 fully saturated rings. The van der Waals surface area contributed by atoms with Gasteiger partial charge in [-0.05, 0) is 43.0 Å². The number of allylic oxidation sites excluding steroid dienone is 4. The van der Waals surface area contributed by atoms with Crippen molar-refractivity contribution in [3.63, 3.8) is 0 Å². The van der Waals surface area contributed by atoms with Crippen LogP contribution < -0.4 is 4.90 Å². The van der Waals surface area contributed by atoms with E-state index >= 15 is 0 Å². The summed E-state index contributed by atoms with van der Waals surface area (Å²) < 4.78 is 0. The van der Waals surface area contributed by atoms with E-state index < -0.39 is 0 Å². The van der Waals surface area contributed by atoms with E-state index in [9.17, 15) is 4.79 Å². The highest BCUT2D eigenvalue weighted by atomic mass is 32.1. The van der Waals surface area contributed by atoms with Gasteiger partial charge >= 0.3 is 0 Å². The molecule has 0 aromatic heterocycles. The van der Waals surface area contributed by atoms with E-state index in [0.29, 0.717) is 0 Å². The predicted octanol–water partition coefficient (Wildman–Crippen LogP) is 5.53. The maximum absolute atomic E-state index is 12.8. The lowest BCUT2D eigenvalue weighted by Crippen LogP contribution is -2.62. The van der Waals surface area contributed by atoms with Gasteiger partial charge in [-0.25, -0.2) is 0 Å². The Bertz CT molecular complexity index is 732. The van der Waals surface area contributed by atoms with Crippen LogP contribution in [0.25, 0.3) is 0 Å². The zero-order valence-electron chi connectivity index (χ0n) is 15.3. The molecule has 2 nitrogen and oxygen atoms in total. The third-order valence-electron chi connectivity index (χ3n) is 4.69. The zero-order chi connectivity index (χ0) is 19.1. The normalized spacial score (nSPS) is 21.4. The standard InChI is InChI=1S/C23H27NOS/c1-5-11-17(4)22-20(15-16-21(26)18(7-3)12-6-2)23(25)24(22)19-13-9-8-10-14-19/h5-14,20-22,26H,2-4,15-16H2,1H3/b11-5-,18-12+. The van der Waals surface area contributed by atoms with E-state index in [0.717, 1.165) is 29.7 Å². The van der Waals surface area contributed by atoms with Crippen molar-refractivity contribution in [1.82, 2.24) is 0 Å². The van der Waals surface area contributed by atoms with Gasteiger partial charge in [0.2, 0.25) is 5.91 Å². The van der Waals surface area contributed by atoms with Crippen molar-refractivity contribution in [3.05, 3.63) is 91.6 Å². The number of benzene rings is 1. The molecule has 1 saturated heterocycles. The van der Waals surface area contributed by atoms with Gasteiger partial charge < -0.3 is 4.90 Å². The number of anilines is 1. The van der Waals surface area contributed by atoms with Crippen LogP contribution in [0.4, 0.5) is 5.69 Å². The second-order valence-corrected chi connectivity index (χ2v) is 6.99. The molecule has 3 atom stereocenters. The predicted molar refractivity (Wildman–Crippen MR) is 116 cm³/mol. The number of carbonyl (C=O) groups excluding carboxylic acids is 1. The first-order valence-corrected chi connectivity index (χ1v) is 9.39. The summed E-state index contributed by atoms with van der Waals surface area (Å²) in [6, 6.07) is 9.78. The number of nitrogens with zero attached hydrogens (tertiary/aromatic N) is 1. The van der Waals surface area contributed by atoms with Gasteiger partial charge in [0.25, 0.3) is 0 Å². The third-order valence-corrected chi connectivity index (χ3v) is 5.25. The van der Waals surface area contributed by atoms with Gasteiger partial charge in [-0.2, -0.15) is 12.6 Å². The van der Waals surface area contributed by atoms with Crippen molar-refractivity contribution >= 4 is 24.2 Å². The molecule has 136 valence electrons. The van der Waals surface area contributed by atoms with Crippen molar-refractivity contribution in [2.45, 2.75) is 31.1 Å². The van der Waals surface area contributed by atoms with Gasteiger partial charge in [-0.3, -0.25) is 4.79 Å². The summed E-state index contributed by atoms with van der Waals surface area (Å²) in [4.78, 5) is 14.7. The van der Waals surface area contributed by atoms with Crippen LogP contribution in [0.3, 0.4) is 0 Å². The van der Waals surface area contributed by atoms with Crippen molar-refractivity contribution < 1.29 is 4.79 Å². The van der Waals surface area contributed by atoms with Crippen molar-refractivity contribution in [2.75, 3.05) is 4.90 Å². The summed E-state index contributed by atoms with van der Waals surface area (Å²) >= 11 is 4.67. The highest BCUT2D eigenvalue weighted by Crippen LogP contribution is 2.39. The highest BCUT2D eigenvalue weighted by molar-refractivity contribution is 7.81. The smallest absolute Gasteiger partial charge is 0.233 e.